The fourth-order valence-corrected chi connectivity index (χ4v) is 5.10. The standard InChI is InChI=1S/C20H32O3/c1-2-4-15-6-8-16(9-7-15)14-23-17-5-3-12-20(13-17)18(21)10-11-19(20)22/h15-17H,2-14H2,1H3. The van der Waals surface area contributed by atoms with E-state index >= 15 is 0 Å². The van der Waals surface area contributed by atoms with Crippen LogP contribution in [0.2, 0.25) is 0 Å². The molecular weight excluding hydrogens is 288 g/mol. The number of ketones is 2. The normalized spacial score (nSPS) is 34.2. The van der Waals surface area contributed by atoms with E-state index in [-0.39, 0.29) is 17.7 Å². The molecule has 0 aromatic carbocycles. The quantitative estimate of drug-likeness (QED) is 0.702. The molecule has 0 N–H and O–H groups in total. The summed E-state index contributed by atoms with van der Waals surface area (Å²) in [5.41, 5.74) is -0.651. The topological polar surface area (TPSA) is 43.4 Å². The molecule has 0 saturated heterocycles. The molecule has 1 spiro atoms. The van der Waals surface area contributed by atoms with Crippen molar-refractivity contribution < 1.29 is 14.3 Å². The number of hydrogen-bond donors (Lipinski definition) is 0. The lowest BCUT2D eigenvalue weighted by Gasteiger charge is -2.36. The van der Waals surface area contributed by atoms with Crippen molar-refractivity contribution in [3.8, 4) is 0 Å². The van der Waals surface area contributed by atoms with E-state index in [0.29, 0.717) is 25.2 Å². The molecule has 0 amide bonds. The van der Waals surface area contributed by atoms with Crippen molar-refractivity contribution in [3.63, 3.8) is 0 Å². The smallest absolute Gasteiger partial charge is 0.146 e. The second-order valence-corrected chi connectivity index (χ2v) is 8.16. The Morgan fingerprint density at radius 1 is 1.00 bits per heavy atom. The third-order valence-corrected chi connectivity index (χ3v) is 6.58. The van der Waals surface area contributed by atoms with E-state index in [1.807, 2.05) is 0 Å². The Morgan fingerprint density at radius 2 is 1.65 bits per heavy atom. The first-order valence-corrected chi connectivity index (χ1v) is 9.82. The summed E-state index contributed by atoms with van der Waals surface area (Å²) in [4.78, 5) is 24.5. The van der Waals surface area contributed by atoms with Crippen LogP contribution in [0.1, 0.15) is 84.0 Å². The minimum Gasteiger partial charge on any atom is -0.378 e. The maximum atomic E-state index is 12.2. The highest BCUT2D eigenvalue weighted by Crippen LogP contribution is 2.45. The Morgan fingerprint density at radius 3 is 2.30 bits per heavy atom. The summed E-state index contributed by atoms with van der Waals surface area (Å²) >= 11 is 0. The highest BCUT2D eigenvalue weighted by molar-refractivity contribution is 6.12. The van der Waals surface area contributed by atoms with Crippen LogP contribution in [-0.2, 0) is 14.3 Å². The Bertz CT molecular complexity index is 418. The van der Waals surface area contributed by atoms with E-state index in [0.717, 1.165) is 31.8 Å². The summed E-state index contributed by atoms with van der Waals surface area (Å²) in [5.74, 6) is 2.01. The Balaban J connectivity index is 1.46. The van der Waals surface area contributed by atoms with Gasteiger partial charge in [-0.15, -0.1) is 0 Å². The van der Waals surface area contributed by atoms with Crippen LogP contribution >= 0.6 is 0 Å². The molecule has 23 heavy (non-hydrogen) atoms. The molecule has 3 saturated carbocycles. The highest BCUT2D eigenvalue weighted by Gasteiger charge is 2.51. The van der Waals surface area contributed by atoms with Crippen LogP contribution in [0.15, 0.2) is 0 Å². The van der Waals surface area contributed by atoms with Crippen molar-refractivity contribution in [1.82, 2.24) is 0 Å². The molecule has 0 radical (unpaired) electrons. The molecule has 3 heteroatoms. The Labute approximate surface area is 140 Å². The zero-order valence-corrected chi connectivity index (χ0v) is 14.6. The molecule has 3 rings (SSSR count). The Hall–Kier alpha value is -0.700. The summed E-state index contributed by atoms with van der Waals surface area (Å²) in [6.45, 7) is 3.11. The van der Waals surface area contributed by atoms with Crippen LogP contribution in [0.5, 0.6) is 0 Å². The first-order valence-electron chi connectivity index (χ1n) is 9.82. The third-order valence-electron chi connectivity index (χ3n) is 6.58. The van der Waals surface area contributed by atoms with Gasteiger partial charge >= 0.3 is 0 Å². The van der Waals surface area contributed by atoms with Crippen molar-refractivity contribution in [2.24, 2.45) is 17.3 Å². The van der Waals surface area contributed by atoms with Crippen LogP contribution in [0, 0.1) is 17.3 Å². The molecule has 3 aliphatic carbocycles. The van der Waals surface area contributed by atoms with Gasteiger partial charge in [0.25, 0.3) is 0 Å². The molecule has 1 unspecified atom stereocenters. The fraction of sp³-hybridized carbons (Fsp3) is 0.900. The molecule has 3 aliphatic rings. The summed E-state index contributed by atoms with van der Waals surface area (Å²) in [6.07, 6.45) is 12.5. The molecule has 0 aromatic rings. The second-order valence-electron chi connectivity index (χ2n) is 8.16. The number of rotatable bonds is 5. The summed E-state index contributed by atoms with van der Waals surface area (Å²) in [5, 5.41) is 0. The van der Waals surface area contributed by atoms with Crippen molar-refractivity contribution in [2.75, 3.05) is 6.61 Å². The molecular formula is C20H32O3. The molecule has 0 heterocycles. The van der Waals surface area contributed by atoms with Gasteiger partial charge in [-0.25, -0.2) is 0 Å². The predicted octanol–water partition coefficient (Wildman–Crippen LogP) is 4.47. The van der Waals surface area contributed by atoms with Crippen LogP contribution in [0.4, 0.5) is 0 Å². The maximum Gasteiger partial charge on any atom is 0.146 e. The summed E-state index contributed by atoms with van der Waals surface area (Å²) < 4.78 is 6.20. The second kappa shape index (κ2) is 7.46. The van der Waals surface area contributed by atoms with Gasteiger partial charge in [0.15, 0.2) is 0 Å². The van der Waals surface area contributed by atoms with E-state index in [2.05, 4.69) is 6.92 Å². The first kappa shape index (κ1) is 17.1. The average molecular weight is 320 g/mol. The van der Waals surface area contributed by atoms with Gasteiger partial charge in [-0.1, -0.05) is 32.6 Å². The molecule has 130 valence electrons. The first-order chi connectivity index (χ1) is 11.1. The number of ether oxygens (including phenoxy) is 1. The van der Waals surface area contributed by atoms with Gasteiger partial charge < -0.3 is 4.74 Å². The monoisotopic (exact) mass is 320 g/mol. The van der Waals surface area contributed by atoms with Crippen LogP contribution in [0.3, 0.4) is 0 Å². The largest absolute Gasteiger partial charge is 0.378 e. The van der Waals surface area contributed by atoms with E-state index in [1.54, 1.807) is 0 Å². The van der Waals surface area contributed by atoms with Crippen molar-refractivity contribution in [1.29, 1.82) is 0 Å². The molecule has 0 aliphatic heterocycles. The van der Waals surface area contributed by atoms with Gasteiger partial charge in [-0.3, -0.25) is 9.59 Å². The molecule has 1 atom stereocenters. The zero-order valence-electron chi connectivity index (χ0n) is 14.6. The lowest BCUT2D eigenvalue weighted by Crippen LogP contribution is -2.41. The number of carbonyl (C=O) groups is 2. The lowest BCUT2D eigenvalue weighted by atomic mass is 9.70. The van der Waals surface area contributed by atoms with Gasteiger partial charge in [0.2, 0.25) is 0 Å². The van der Waals surface area contributed by atoms with E-state index in [9.17, 15) is 9.59 Å². The van der Waals surface area contributed by atoms with Gasteiger partial charge in [-0.05, 0) is 50.4 Å². The summed E-state index contributed by atoms with van der Waals surface area (Å²) in [7, 11) is 0. The SMILES string of the molecule is CCCC1CCC(COC2CCCC3(C2)C(=O)CCC3=O)CC1. The minimum atomic E-state index is -0.651. The van der Waals surface area contributed by atoms with Gasteiger partial charge in [0, 0.05) is 19.4 Å². The summed E-state index contributed by atoms with van der Waals surface area (Å²) in [6, 6.07) is 0. The van der Waals surface area contributed by atoms with Gasteiger partial charge in [-0.2, -0.15) is 0 Å². The van der Waals surface area contributed by atoms with Gasteiger partial charge in [0.05, 0.1) is 11.5 Å². The average Bonchev–Trinajstić information content (AvgIpc) is 2.83. The number of Topliss-reactive ketones (excluding diaryl/α,β-unsaturated/α-hetero) is 2. The minimum absolute atomic E-state index is 0.128. The molecule has 3 nitrogen and oxygen atoms in total. The van der Waals surface area contributed by atoms with E-state index in [1.165, 1.54) is 38.5 Å². The molecule has 0 bridgehead atoms. The molecule has 3 fully saturated rings. The van der Waals surface area contributed by atoms with Crippen molar-refractivity contribution in [3.05, 3.63) is 0 Å². The van der Waals surface area contributed by atoms with Crippen molar-refractivity contribution in [2.45, 2.75) is 90.1 Å². The third kappa shape index (κ3) is 3.70. The predicted molar refractivity (Wildman–Crippen MR) is 90.2 cm³/mol. The van der Waals surface area contributed by atoms with Crippen molar-refractivity contribution >= 4 is 11.6 Å². The fourth-order valence-electron chi connectivity index (χ4n) is 5.10. The number of hydrogen-bond acceptors (Lipinski definition) is 3. The molecule has 0 aromatic heterocycles. The van der Waals surface area contributed by atoms with Crippen LogP contribution in [-0.4, -0.2) is 24.3 Å². The van der Waals surface area contributed by atoms with E-state index in [4.69, 9.17) is 4.74 Å². The Kier molecular flexibility index (Phi) is 5.56. The highest BCUT2D eigenvalue weighted by atomic mass is 16.5. The zero-order chi connectivity index (χ0) is 16.3. The van der Waals surface area contributed by atoms with Gasteiger partial charge in [0.1, 0.15) is 11.6 Å². The van der Waals surface area contributed by atoms with Crippen LogP contribution < -0.4 is 0 Å². The van der Waals surface area contributed by atoms with E-state index < -0.39 is 5.41 Å². The number of carbonyl (C=O) groups excluding carboxylic acids is 2. The van der Waals surface area contributed by atoms with Crippen LogP contribution in [0.25, 0.3) is 0 Å². The maximum absolute atomic E-state index is 12.2. The lowest BCUT2D eigenvalue weighted by molar-refractivity contribution is -0.141.